The Labute approximate surface area is 242 Å². The van der Waals surface area contributed by atoms with Gasteiger partial charge in [0.05, 0.1) is 18.7 Å². The van der Waals surface area contributed by atoms with Crippen molar-refractivity contribution in [2.75, 3.05) is 33.4 Å². The molecule has 7 nitrogen and oxygen atoms in total. The predicted molar refractivity (Wildman–Crippen MR) is 159 cm³/mol. The van der Waals surface area contributed by atoms with Gasteiger partial charge in [0.2, 0.25) is 16.0 Å². The number of rotatable bonds is 13. The van der Waals surface area contributed by atoms with Crippen molar-refractivity contribution >= 4 is 20.9 Å². The molecule has 3 aromatic rings. The highest BCUT2D eigenvalue weighted by atomic mass is 32.2. The van der Waals surface area contributed by atoms with Gasteiger partial charge in [-0.3, -0.25) is 4.90 Å². The van der Waals surface area contributed by atoms with E-state index in [-0.39, 0.29) is 5.92 Å². The summed E-state index contributed by atoms with van der Waals surface area (Å²) in [6, 6.07) is 11.8. The summed E-state index contributed by atoms with van der Waals surface area (Å²) in [5.74, 6) is -0.477. The lowest BCUT2D eigenvalue weighted by atomic mass is 10.1. The van der Waals surface area contributed by atoms with E-state index >= 15 is 0 Å². The van der Waals surface area contributed by atoms with Crippen molar-refractivity contribution in [3.8, 4) is 0 Å². The minimum atomic E-state index is -3.67. The van der Waals surface area contributed by atoms with Gasteiger partial charge in [0.15, 0.2) is 0 Å². The van der Waals surface area contributed by atoms with Gasteiger partial charge in [-0.2, -0.15) is 4.39 Å². The Kier molecular flexibility index (Phi) is 8.14. The quantitative estimate of drug-likeness (QED) is 0.207. The first kappa shape index (κ1) is 28.3. The van der Waals surface area contributed by atoms with Crippen molar-refractivity contribution in [3.05, 3.63) is 90.2 Å². The first-order valence-electron chi connectivity index (χ1n) is 14.7. The van der Waals surface area contributed by atoms with Crippen LogP contribution >= 0.6 is 0 Å². The topological polar surface area (TPSA) is 67.7 Å². The zero-order valence-corrected chi connectivity index (χ0v) is 24.5. The molecule has 0 radical (unpaired) electrons. The van der Waals surface area contributed by atoms with E-state index in [1.54, 1.807) is 18.3 Å². The highest BCUT2D eigenvalue weighted by Crippen LogP contribution is 2.55. The molecule has 0 N–H and O–H groups in total. The number of likely N-dealkylation sites (N-methyl/N-ethyl adjacent to an activating group) is 1. The van der Waals surface area contributed by atoms with Gasteiger partial charge in [0, 0.05) is 61.5 Å². The maximum absolute atomic E-state index is 14.6. The third-order valence-corrected chi connectivity index (χ3v) is 11.4. The third-order valence-electron chi connectivity index (χ3n) is 9.05. The summed E-state index contributed by atoms with van der Waals surface area (Å²) in [5.41, 5.74) is 2.06. The Morgan fingerprint density at radius 1 is 1.05 bits per heavy atom. The molecule has 41 heavy (non-hydrogen) atoms. The van der Waals surface area contributed by atoms with E-state index in [0.717, 1.165) is 17.5 Å². The van der Waals surface area contributed by atoms with Crippen LogP contribution in [0.5, 0.6) is 0 Å². The molecule has 0 spiro atoms. The highest BCUT2D eigenvalue weighted by molar-refractivity contribution is 7.92. The predicted octanol–water partition coefficient (Wildman–Crippen LogP) is 5.13. The van der Waals surface area contributed by atoms with E-state index in [0.29, 0.717) is 56.4 Å². The molecule has 3 aliphatic rings. The molecule has 1 aromatic carbocycles. The molecule has 2 fully saturated rings. The van der Waals surface area contributed by atoms with Gasteiger partial charge in [-0.25, -0.2) is 17.4 Å². The van der Waals surface area contributed by atoms with E-state index in [1.807, 2.05) is 48.6 Å². The number of hydrogen-bond donors (Lipinski definition) is 0. The van der Waals surface area contributed by atoms with Crippen molar-refractivity contribution in [3.63, 3.8) is 0 Å². The van der Waals surface area contributed by atoms with Crippen LogP contribution in [0.2, 0.25) is 0 Å². The van der Waals surface area contributed by atoms with Crippen LogP contribution in [0.25, 0.3) is 10.9 Å². The second kappa shape index (κ2) is 11.8. The summed E-state index contributed by atoms with van der Waals surface area (Å²) in [7, 11) is -1.50. The Morgan fingerprint density at radius 2 is 1.83 bits per heavy atom. The molecule has 2 unspecified atom stereocenters. The molecule has 0 aliphatic heterocycles. The molecule has 6 rings (SSSR count). The number of halogens is 1. The fourth-order valence-corrected chi connectivity index (χ4v) is 8.65. The lowest BCUT2D eigenvalue weighted by Gasteiger charge is -2.25. The van der Waals surface area contributed by atoms with Gasteiger partial charge in [-0.1, -0.05) is 61.4 Å². The second-order valence-electron chi connectivity index (χ2n) is 11.7. The first-order chi connectivity index (χ1) is 19.9. The maximum Gasteiger partial charge on any atom is 0.248 e. The lowest BCUT2D eigenvalue weighted by Crippen LogP contribution is -2.33. The van der Waals surface area contributed by atoms with Gasteiger partial charge in [-0.15, -0.1) is 0 Å². The standard InChI is InChI=1S/C32H39FN4O3S/c1-35(28-11-2-3-12-28)17-19-40-20-18-36(22-25-9-8-16-34-31(25)33)23-26-24-37(30-14-5-4-13-29(26)30)41(38,39)32-15-7-6-10-27(32)21-32/h4-10,13-16,24,27-28H,2-3,11-12,17-23H2,1H3. The maximum atomic E-state index is 14.6. The number of allylic oxidation sites excluding steroid dienone is 3. The van der Waals surface area contributed by atoms with E-state index in [4.69, 9.17) is 4.74 Å². The van der Waals surface area contributed by atoms with Gasteiger partial charge in [0.25, 0.3) is 0 Å². The molecular formula is C32H39FN4O3S. The molecule has 2 heterocycles. The van der Waals surface area contributed by atoms with E-state index in [1.165, 1.54) is 35.9 Å². The molecule has 3 aliphatic carbocycles. The minimum Gasteiger partial charge on any atom is -0.379 e. The summed E-state index contributed by atoms with van der Waals surface area (Å²) in [6.45, 7) is 3.41. The zero-order chi connectivity index (χ0) is 28.5. The fourth-order valence-electron chi connectivity index (χ4n) is 6.50. The average molecular weight is 579 g/mol. The van der Waals surface area contributed by atoms with Crippen LogP contribution in [0.15, 0.2) is 73.1 Å². The van der Waals surface area contributed by atoms with Crippen molar-refractivity contribution in [1.82, 2.24) is 18.8 Å². The molecule has 0 saturated heterocycles. The molecule has 0 amide bonds. The number of hydrogen-bond acceptors (Lipinski definition) is 6. The van der Waals surface area contributed by atoms with Crippen molar-refractivity contribution in [1.29, 1.82) is 0 Å². The second-order valence-corrected chi connectivity index (χ2v) is 13.8. The monoisotopic (exact) mass is 578 g/mol. The van der Waals surface area contributed by atoms with Crippen molar-refractivity contribution < 1.29 is 17.5 Å². The fraction of sp³-hybridized carbons (Fsp3) is 0.469. The molecule has 2 aromatic heterocycles. The summed E-state index contributed by atoms with van der Waals surface area (Å²) in [5, 5.41) is 0.885. The molecule has 9 heteroatoms. The molecule has 0 bridgehead atoms. The normalized spacial score (nSPS) is 22.3. The number of benzene rings is 1. The van der Waals surface area contributed by atoms with Gasteiger partial charge < -0.3 is 9.64 Å². The number of ether oxygens (including phenoxy) is 1. The van der Waals surface area contributed by atoms with Gasteiger partial charge >= 0.3 is 0 Å². The molecule has 2 saturated carbocycles. The van der Waals surface area contributed by atoms with Crippen molar-refractivity contribution in [2.24, 2.45) is 5.92 Å². The van der Waals surface area contributed by atoms with Crippen LogP contribution in [-0.4, -0.2) is 71.3 Å². The van der Waals surface area contributed by atoms with Crippen LogP contribution in [0, 0.1) is 11.9 Å². The first-order valence-corrected chi connectivity index (χ1v) is 16.1. The number of para-hydroxylation sites is 1. The van der Waals surface area contributed by atoms with E-state index < -0.39 is 20.7 Å². The molecular weight excluding hydrogens is 539 g/mol. The Balaban J connectivity index is 1.20. The van der Waals surface area contributed by atoms with E-state index in [2.05, 4.69) is 21.8 Å². The van der Waals surface area contributed by atoms with Crippen LogP contribution in [0.3, 0.4) is 0 Å². The summed E-state index contributed by atoms with van der Waals surface area (Å²) < 4.78 is 49.1. The van der Waals surface area contributed by atoms with Crippen molar-refractivity contribution in [2.45, 2.75) is 56.0 Å². The summed E-state index contributed by atoms with van der Waals surface area (Å²) in [6.07, 6.45) is 16.5. The smallest absolute Gasteiger partial charge is 0.248 e. The SMILES string of the molecule is CN(CCOCCN(Cc1cccnc1F)Cc1cn(S(=O)(=O)C23C=CC=CC2C3)c2ccccc12)C1CCCC1. The highest BCUT2D eigenvalue weighted by Gasteiger charge is 2.62. The zero-order valence-electron chi connectivity index (χ0n) is 23.7. The number of aromatic nitrogens is 2. The van der Waals surface area contributed by atoms with Gasteiger partial charge in [-0.05, 0) is 44.0 Å². The minimum absolute atomic E-state index is 0.0111. The number of pyridine rings is 1. The lowest BCUT2D eigenvalue weighted by molar-refractivity contribution is 0.0760. The molecule has 218 valence electrons. The Morgan fingerprint density at radius 3 is 2.63 bits per heavy atom. The Bertz CT molecular complexity index is 1550. The van der Waals surface area contributed by atoms with Crippen LogP contribution in [0.1, 0.15) is 43.2 Å². The average Bonchev–Trinajstić information content (AvgIpc) is 3.30. The third kappa shape index (κ3) is 5.65. The Hall–Kier alpha value is -2.85. The molecule has 2 atom stereocenters. The van der Waals surface area contributed by atoms with Crippen LogP contribution in [-0.2, 0) is 27.8 Å². The van der Waals surface area contributed by atoms with Crippen LogP contribution < -0.4 is 0 Å². The number of fused-ring (bicyclic) bond motifs is 2. The number of nitrogens with zero attached hydrogens (tertiary/aromatic N) is 4. The van der Waals surface area contributed by atoms with Gasteiger partial charge in [0.1, 0.15) is 4.75 Å². The largest absolute Gasteiger partial charge is 0.379 e. The summed E-state index contributed by atoms with van der Waals surface area (Å²) in [4.78, 5) is 8.34. The summed E-state index contributed by atoms with van der Waals surface area (Å²) >= 11 is 0. The van der Waals surface area contributed by atoms with Crippen LogP contribution in [0.4, 0.5) is 4.39 Å². The van der Waals surface area contributed by atoms with E-state index in [9.17, 15) is 12.8 Å².